The summed E-state index contributed by atoms with van der Waals surface area (Å²) in [7, 11) is 0.621. The second kappa shape index (κ2) is 8.51. The number of benzene rings is 1. The first-order chi connectivity index (χ1) is 9.04. The smallest absolute Gasteiger partial charge is 0.0775 e. The normalized spacial score (nSPS) is 11.8. The van der Waals surface area contributed by atoms with E-state index < -0.39 is 8.07 Å². The van der Waals surface area contributed by atoms with Crippen LogP contribution in [0.15, 0.2) is 24.3 Å². The van der Waals surface area contributed by atoms with Crippen molar-refractivity contribution in [1.82, 2.24) is 5.32 Å². The molecule has 108 valence electrons. The van der Waals surface area contributed by atoms with Crippen LogP contribution < -0.4 is 10.5 Å². The largest absolute Gasteiger partial charge is 0.385 e. The fraction of sp³-hybridized carbons (Fsp3) is 0.625. The van der Waals surface area contributed by atoms with Gasteiger partial charge in [0, 0.05) is 20.3 Å². The highest BCUT2D eigenvalue weighted by Crippen LogP contribution is 2.04. The highest BCUT2D eigenvalue weighted by molar-refractivity contribution is 6.88. The van der Waals surface area contributed by atoms with Crippen molar-refractivity contribution in [2.45, 2.75) is 45.4 Å². The zero-order chi connectivity index (χ0) is 14.1. The summed E-state index contributed by atoms with van der Waals surface area (Å²) in [4.78, 5) is 0. The van der Waals surface area contributed by atoms with Gasteiger partial charge in [-0.15, -0.1) is 0 Å². The summed E-state index contributed by atoms with van der Waals surface area (Å²) in [5.74, 6) is 0. The maximum absolute atomic E-state index is 5.04. The first-order valence-corrected chi connectivity index (χ1v) is 10.8. The van der Waals surface area contributed by atoms with Gasteiger partial charge in [0.2, 0.25) is 0 Å². The lowest BCUT2D eigenvalue weighted by molar-refractivity contribution is 0.192. The zero-order valence-corrected chi connectivity index (χ0v) is 14.0. The quantitative estimate of drug-likeness (QED) is 0.554. The molecule has 19 heavy (non-hydrogen) atoms. The van der Waals surface area contributed by atoms with Gasteiger partial charge in [-0.3, -0.25) is 0 Å². The molecule has 0 aliphatic rings. The molecule has 0 saturated heterocycles. The molecule has 1 aromatic rings. The monoisotopic (exact) mass is 279 g/mol. The summed E-state index contributed by atoms with van der Waals surface area (Å²) < 4.78 is 5.04. The lowest BCUT2D eigenvalue weighted by atomic mass is 10.2. The maximum Gasteiger partial charge on any atom is 0.0775 e. The third kappa shape index (κ3) is 6.90. The molecule has 1 N–H and O–H groups in total. The van der Waals surface area contributed by atoms with Crippen molar-refractivity contribution in [2.75, 3.05) is 20.3 Å². The van der Waals surface area contributed by atoms with E-state index in [0.29, 0.717) is 0 Å². The van der Waals surface area contributed by atoms with Gasteiger partial charge in [-0.2, -0.15) is 0 Å². The number of ether oxygens (including phenoxy) is 1. The topological polar surface area (TPSA) is 21.3 Å². The molecule has 0 fully saturated rings. The van der Waals surface area contributed by atoms with E-state index in [0.717, 1.165) is 19.7 Å². The first-order valence-electron chi connectivity index (χ1n) is 7.33. The molecule has 0 bridgehead atoms. The van der Waals surface area contributed by atoms with Crippen molar-refractivity contribution in [3.8, 4) is 0 Å². The molecule has 0 atom stereocenters. The highest BCUT2D eigenvalue weighted by atomic mass is 28.3. The van der Waals surface area contributed by atoms with Gasteiger partial charge in [0.25, 0.3) is 0 Å². The number of methoxy groups -OCH3 is 1. The Morgan fingerprint density at radius 1 is 1.00 bits per heavy atom. The molecule has 0 unspecified atom stereocenters. The minimum atomic E-state index is -1.15. The van der Waals surface area contributed by atoms with Gasteiger partial charge in [0.05, 0.1) is 8.07 Å². The number of hydrogen-bond acceptors (Lipinski definition) is 2. The summed E-state index contributed by atoms with van der Waals surface area (Å²) in [6, 6.07) is 9.15. The molecule has 1 aromatic carbocycles. The van der Waals surface area contributed by atoms with Crippen LogP contribution in [0, 0.1) is 0 Å². The van der Waals surface area contributed by atoms with Crippen molar-refractivity contribution in [3.63, 3.8) is 0 Å². The summed E-state index contributed by atoms with van der Waals surface area (Å²) in [6.45, 7) is 10.1. The van der Waals surface area contributed by atoms with Gasteiger partial charge in [0.15, 0.2) is 0 Å². The Kier molecular flexibility index (Phi) is 7.35. The van der Waals surface area contributed by atoms with Crippen molar-refractivity contribution >= 4 is 13.3 Å². The van der Waals surface area contributed by atoms with Crippen LogP contribution in [0.3, 0.4) is 0 Å². The van der Waals surface area contributed by atoms with Gasteiger partial charge in [-0.25, -0.2) is 0 Å². The second-order valence-corrected chi connectivity index (χ2v) is 11.3. The molecule has 1 rings (SSSR count). The molecule has 0 saturated carbocycles. The van der Waals surface area contributed by atoms with Crippen LogP contribution in [0.25, 0.3) is 0 Å². The average molecular weight is 280 g/mol. The van der Waals surface area contributed by atoms with Gasteiger partial charge in [0.1, 0.15) is 0 Å². The zero-order valence-electron chi connectivity index (χ0n) is 13.0. The van der Waals surface area contributed by atoms with Crippen LogP contribution >= 0.6 is 0 Å². The Bertz CT molecular complexity index is 343. The molecule has 0 spiro atoms. The SMILES string of the molecule is COCCCCCNCc1ccc([Si](C)(C)C)cc1. The van der Waals surface area contributed by atoms with E-state index in [4.69, 9.17) is 4.74 Å². The maximum atomic E-state index is 5.04. The molecule has 0 aliphatic heterocycles. The highest BCUT2D eigenvalue weighted by Gasteiger charge is 2.15. The fourth-order valence-electron chi connectivity index (χ4n) is 2.03. The van der Waals surface area contributed by atoms with E-state index in [1.54, 1.807) is 7.11 Å². The van der Waals surface area contributed by atoms with Gasteiger partial charge >= 0.3 is 0 Å². The van der Waals surface area contributed by atoms with Crippen LogP contribution in [0.1, 0.15) is 24.8 Å². The molecular weight excluding hydrogens is 250 g/mol. The van der Waals surface area contributed by atoms with Crippen molar-refractivity contribution < 1.29 is 4.74 Å². The lowest BCUT2D eigenvalue weighted by Crippen LogP contribution is -2.37. The molecule has 0 heterocycles. The summed E-state index contributed by atoms with van der Waals surface area (Å²) in [5.41, 5.74) is 1.39. The first kappa shape index (κ1) is 16.4. The minimum absolute atomic E-state index is 0.887. The standard InChI is InChI=1S/C16H29NOSi/c1-18-13-7-5-6-12-17-14-15-8-10-16(11-9-15)19(2,3)4/h8-11,17H,5-7,12-14H2,1-4H3. The number of rotatable bonds is 9. The predicted molar refractivity (Wildman–Crippen MR) is 86.9 cm³/mol. The van der Waals surface area contributed by atoms with E-state index in [1.165, 1.54) is 30.0 Å². The van der Waals surface area contributed by atoms with E-state index >= 15 is 0 Å². The van der Waals surface area contributed by atoms with E-state index in [-0.39, 0.29) is 0 Å². The number of nitrogens with one attached hydrogen (secondary N) is 1. The Hall–Kier alpha value is -0.643. The molecule has 0 amide bonds. The fourth-order valence-corrected chi connectivity index (χ4v) is 3.20. The van der Waals surface area contributed by atoms with Crippen molar-refractivity contribution in [2.24, 2.45) is 0 Å². The van der Waals surface area contributed by atoms with Gasteiger partial charge < -0.3 is 10.1 Å². The van der Waals surface area contributed by atoms with Crippen LogP contribution in [-0.4, -0.2) is 28.3 Å². The van der Waals surface area contributed by atoms with Crippen molar-refractivity contribution in [3.05, 3.63) is 29.8 Å². The lowest BCUT2D eigenvalue weighted by Gasteiger charge is -2.16. The van der Waals surface area contributed by atoms with E-state index in [2.05, 4.69) is 49.2 Å². The molecule has 0 aliphatic carbocycles. The summed E-state index contributed by atoms with van der Waals surface area (Å²) in [5, 5.41) is 5.05. The summed E-state index contributed by atoms with van der Waals surface area (Å²) >= 11 is 0. The predicted octanol–water partition coefficient (Wildman–Crippen LogP) is 3.14. The molecule has 0 radical (unpaired) electrons. The number of unbranched alkanes of at least 4 members (excludes halogenated alkanes) is 2. The minimum Gasteiger partial charge on any atom is -0.385 e. The molecule has 3 heteroatoms. The van der Waals surface area contributed by atoms with E-state index in [1.807, 2.05) is 0 Å². The van der Waals surface area contributed by atoms with Gasteiger partial charge in [-0.1, -0.05) is 49.1 Å². The molecular formula is C16H29NOSi. The van der Waals surface area contributed by atoms with Crippen LogP contribution in [0.2, 0.25) is 19.6 Å². The second-order valence-electron chi connectivity index (χ2n) is 6.18. The molecule has 2 nitrogen and oxygen atoms in total. The van der Waals surface area contributed by atoms with Crippen LogP contribution in [0.5, 0.6) is 0 Å². The third-order valence-corrected chi connectivity index (χ3v) is 5.42. The molecule has 0 aromatic heterocycles. The van der Waals surface area contributed by atoms with Crippen LogP contribution in [0.4, 0.5) is 0 Å². The van der Waals surface area contributed by atoms with Gasteiger partial charge in [-0.05, 0) is 31.4 Å². The van der Waals surface area contributed by atoms with E-state index in [9.17, 15) is 0 Å². The van der Waals surface area contributed by atoms with Crippen molar-refractivity contribution in [1.29, 1.82) is 0 Å². The Morgan fingerprint density at radius 2 is 1.68 bits per heavy atom. The summed E-state index contributed by atoms with van der Waals surface area (Å²) in [6.07, 6.45) is 3.65. The Balaban J connectivity index is 2.20. The van der Waals surface area contributed by atoms with Crippen LogP contribution in [-0.2, 0) is 11.3 Å². The average Bonchev–Trinajstić information content (AvgIpc) is 2.37. The number of hydrogen-bond donors (Lipinski definition) is 1. The third-order valence-electron chi connectivity index (χ3n) is 3.35. The Labute approximate surface area is 119 Å². The Morgan fingerprint density at radius 3 is 2.26 bits per heavy atom.